The second kappa shape index (κ2) is 22.4. The fourth-order valence-electron chi connectivity index (χ4n) is 2.91. The monoisotopic (exact) mass is 489 g/mol. The number of carbonyl (C=O) groups is 1. The zero-order chi connectivity index (χ0) is 21.1. The van der Waals surface area contributed by atoms with Crippen LogP contribution in [0.15, 0.2) is 48.5 Å². The van der Waals surface area contributed by atoms with Crippen LogP contribution in [-0.2, 0) is 13.2 Å². The van der Waals surface area contributed by atoms with Gasteiger partial charge < -0.3 is 17.0 Å². The van der Waals surface area contributed by atoms with Crippen LogP contribution in [0.5, 0.6) is 0 Å². The Hall–Kier alpha value is -1.08. The van der Waals surface area contributed by atoms with Gasteiger partial charge in [0.05, 0.1) is 13.2 Å². The van der Waals surface area contributed by atoms with Gasteiger partial charge in [-0.15, -0.1) is 0 Å². The van der Waals surface area contributed by atoms with Gasteiger partial charge in [0.25, 0.3) is 0 Å². The van der Waals surface area contributed by atoms with Crippen LogP contribution < -0.4 is 34.9 Å². The smallest absolute Gasteiger partial charge is 1.00 e. The zero-order valence-corrected chi connectivity index (χ0v) is 20.1. The summed E-state index contributed by atoms with van der Waals surface area (Å²) in [5, 5.41) is 20.6. The molecule has 3 N–H and O–H groups in total. The molecule has 1 aliphatic heterocycles. The van der Waals surface area contributed by atoms with E-state index in [1.165, 1.54) is 38.1 Å². The first-order valence-electron chi connectivity index (χ1n) is 10.3. The van der Waals surface area contributed by atoms with Crippen molar-refractivity contribution in [3.63, 3.8) is 0 Å². The number of ketones is 1. The molecule has 34 heavy (non-hydrogen) atoms. The molecule has 192 valence electrons. The Labute approximate surface area is 232 Å². The molecule has 0 bridgehead atoms. The summed E-state index contributed by atoms with van der Waals surface area (Å²) in [6.45, 7) is 4.92. The normalized spacial score (nSPS) is 13.8. The summed E-state index contributed by atoms with van der Waals surface area (Å²) >= 11 is 0. The van der Waals surface area contributed by atoms with Gasteiger partial charge in [-0.3, -0.25) is 4.79 Å². The zero-order valence-electron chi connectivity index (χ0n) is 19.1. The Balaban J connectivity index is -0.000000122. The molecule has 1 heterocycles. The Morgan fingerprint density at radius 3 is 1.56 bits per heavy atom. The molecule has 1 aliphatic carbocycles. The standard InChI is InChI=1S/C10H9FO.C8H10O2.C6H13N.4CH4.Na.H/c11-9-5-3-8(4-6-9)10(12)7-1-2-7;9-5-7-1-2-8(6-10)4-3-7;1-6-2-4-7-5-3-6;;;;;;/h3-7H,1-2H2;1-4,9-10H,5-6H2;6-7H,2-5H2,1H3;4*1H4;;/q;;;;;;;+1;-1. The van der Waals surface area contributed by atoms with Crippen molar-refractivity contribution >= 4 is 5.78 Å². The Kier molecular flexibility index (Phi) is 26.4. The van der Waals surface area contributed by atoms with Crippen molar-refractivity contribution in [1.82, 2.24) is 5.32 Å². The van der Waals surface area contributed by atoms with E-state index >= 15 is 0 Å². The third-order valence-electron chi connectivity index (χ3n) is 5.09. The van der Waals surface area contributed by atoms with Crippen LogP contribution in [0.1, 0.15) is 85.2 Å². The average molecular weight is 490 g/mol. The van der Waals surface area contributed by atoms with Crippen LogP contribution in [0.3, 0.4) is 0 Å². The van der Waals surface area contributed by atoms with Crippen LogP contribution in [-0.4, -0.2) is 29.1 Å². The van der Waals surface area contributed by atoms with Crippen LogP contribution in [0, 0.1) is 17.7 Å². The van der Waals surface area contributed by atoms with Gasteiger partial charge in [-0.1, -0.05) is 60.9 Å². The second-order valence-corrected chi connectivity index (χ2v) is 7.71. The minimum atomic E-state index is -0.289. The summed E-state index contributed by atoms with van der Waals surface area (Å²) in [7, 11) is 0. The van der Waals surface area contributed by atoms with Gasteiger partial charge in [0.2, 0.25) is 0 Å². The molecule has 1 saturated carbocycles. The predicted octanol–water partition coefficient (Wildman–Crippen LogP) is 3.76. The van der Waals surface area contributed by atoms with E-state index in [-0.39, 0.29) is 91.4 Å². The molecule has 6 heteroatoms. The van der Waals surface area contributed by atoms with E-state index in [2.05, 4.69) is 12.2 Å². The van der Waals surface area contributed by atoms with E-state index in [0.29, 0.717) is 5.56 Å². The summed E-state index contributed by atoms with van der Waals surface area (Å²) in [4.78, 5) is 11.4. The van der Waals surface area contributed by atoms with E-state index in [0.717, 1.165) is 29.9 Å². The number of halogens is 1. The topological polar surface area (TPSA) is 69.6 Å². The van der Waals surface area contributed by atoms with Crippen LogP contribution >= 0.6 is 0 Å². The minimum Gasteiger partial charge on any atom is -1.00 e. The molecule has 1 saturated heterocycles. The molecule has 0 radical (unpaired) electrons. The maximum Gasteiger partial charge on any atom is 1.00 e. The van der Waals surface area contributed by atoms with E-state index in [4.69, 9.17) is 10.2 Å². The Bertz CT molecular complexity index is 712. The fraction of sp³-hybridized carbons (Fsp3) is 0.536. The van der Waals surface area contributed by atoms with Crippen molar-refractivity contribution in [3.05, 3.63) is 71.0 Å². The molecule has 4 nitrogen and oxygen atoms in total. The van der Waals surface area contributed by atoms with Crippen molar-refractivity contribution in [1.29, 1.82) is 0 Å². The van der Waals surface area contributed by atoms with E-state index in [1.54, 1.807) is 36.4 Å². The molecular weight excluding hydrogens is 440 g/mol. The number of hydrogen-bond acceptors (Lipinski definition) is 4. The Morgan fingerprint density at radius 1 is 0.853 bits per heavy atom. The summed E-state index contributed by atoms with van der Waals surface area (Å²) in [5.41, 5.74) is 2.38. The summed E-state index contributed by atoms with van der Waals surface area (Å²) in [5.74, 6) is 1.06. The molecule has 2 aromatic rings. The van der Waals surface area contributed by atoms with Gasteiger partial charge in [0.15, 0.2) is 5.78 Å². The van der Waals surface area contributed by atoms with E-state index in [1.807, 2.05) is 0 Å². The molecule has 2 aromatic carbocycles. The molecule has 2 fully saturated rings. The number of benzene rings is 2. The number of carbonyl (C=O) groups excluding carboxylic acids is 1. The van der Waals surface area contributed by atoms with E-state index < -0.39 is 0 Å². The third-order valence-corrected chi connectivity index (χ3v) is 5.09. The first kappa shape index (κ1) is 40.1. The van der Waals surface area contributed by atoms with Crippen molar-refractivity contribution in [3.8, 4) is 0 Å². The number of nitrogens with one attached hydrogen (secondary N) is 1. The van der Waals surface area contributed by atoms with Gasteiger partial charge >= 0.3 is 29.6 Å². The van der Waals surface area contributed by atoms with Crippen LogP contribution in [0.4, 0.5) is 4.39 Å². The summed E-state index contributed by atoms with van der Waals surface area (Å²) < 4.78 is 12.5. The first-order valence-corrected chi connectivity index (χ1v) is 10.3. The maximum atomic E-state index is 12.5. The number of aliphatic hydroxyl groups is 2. The van der Waals surface area contributed by atoms with Gasteiger partial charge in [-0.25, -0.2) is 4.39 Å². The molecule has 2 aliphatic rings. The third kappa shape index (κ3) is 15.8. The molecule has 0 spiro atoms. The first-order chi connectivity index (χ1) is 14.0. The van der Waals surface area contributed by atoms with Crippen molar-refractivity contribution in [2.24, 2.45) is 11.8 Å². The van der Waals surface area contributed by atoms with Crippen molar-refractivity contribution in [2.75, 3.05) is 13.1 Å². The molecule has 0 unspecified atom stereocenters. The Morgan fingerprint density at radius 2 is 1.26 bits per heavy atom. The van der Waals surface area contributed by atoms with E-state index in [9.17, 15) is 9.18 Å². The molecular formula is C28H49FNNaO3. The maximum absolute atomic E-state index is 12.5. The summed E-state index contributed by atoms with van der Waals surface area (Å²) in [6, 6.07) is 12.9. The van der Waals surface area contributed by atoms with Crippen molar-refractivity contribution in [2.45, 2.75) is 75.5 Å². The largest absolute Gasteiger partial charge is 1.00 e. The number of rotatable bonds is 4. The quantitative estimate of drug-likeness (QED) is 0.452. The van der Waals surface area contributed by atoms with Gasteiger partial charge in [-0.2, -0.15) is 0 Å². The fourth-order valence-corrected chi connectivity index (χ4v) is 2.91. The molecule has 4 rings (SSSR count). The van der Waals surface area contributed by atoms with Crippen LogP contribution in [0.2, 0.25) is 0 Å². The van der Waals surface area contributed by atoms with Crippen LogP contribution in [0.25, 0.3) is 0 Å². The summed E-state index contributed by atoms with van der Waals surface area (Å²) in [6.07, 6.45) is 4.74. The average Bonchev–Trinajstić information content (AvgIpc) is 3.61. The van der Waals surface area contributed by atoms with Crippen molar-refractivity contribution < 1.29 is 50.4 Å². The minimum absolute atomic E-state index is 0. The number of hydrogen-bond donors (Lipinski definition) is 3. The predicted molar refractivity (Wildman–Crippen MR) is 141 cm³/mol. The van der Waals surface area contributed by atoms with Gasteiger partial charge in [0.1, 0.15) is 5.82 Å². The van der Waals surface area contributed by atoms with Gasteiger partial charge in [-0.05, 0) is 80.1 Å². The molecule has 0 amide bonds. The second-order valence-electron chi connectivity index (χ2n) is 7.71. The van der Waals surface area contributed by atoms with Gasteiger partial charge in [0, 0.05) is 11.5 Å². The SMILES string of the molecule is C.C.C.C.CC1CCNCC1.O=C(c1ccc(F)cc1)C1CC1.OCc1ccc(CO)cc1.[H-].[Na+]. The number of piperidine rings is 1. The molecule has 0 atom stereocenters. The molecule has 0 aromatic heterocycles. The number of Topliss-reactive ketones (excluding diaryl/α,β-unsaturated/α-hetero) is 1. The number of aliphatic hydroxyl groups excluding tert-OH is 2.